The maximum Gasteiger partial charge on any atom is 0.342 e. The number of hydrogen-bond acceptors (Lipinski definition) is 6. The van der Waals surface area contributed by atoms with E-state index >= 15 is 0 Å². The van der Waals surface area contributed by atoms with Crippen LogP contribution >= 0.6 is 0 Å². The van der Waals surface area contributed by atoms with E-state index in [1.54, 1.807) is 36.7 Å². The molecular weight excluding hydrogens is 424 g/mol. The van der Waals surface area contributed by atoms with Crippen LogP contribution in [0, 0.1) is 13.8 Å². The molecule has 9 nitrogen and oxygen atoms in total. The summed E-state index contributed by atoms with van der Waals surface area (Å²) in [6, 6.07) is 14.6. The first-order chi connectivity index (χ1) is 15.8. The molecule has 0 radical (unpaired) electrons. The second kappa shape index (κ2) is 10.4. The van der Waals surface area contributed by atoms with Crippen molar-refractivity contribution in [3.05, 3.63) is 71.0 Å². The summed E-state index contributed by atoms with van der Waals surface area (Å²) in [5.41, 5.74) is 3.41. The van der Waals surface area contributed by atoms with Crippen molar-refractivity contribution in [1.29, 1.82) is 0 Å². The summed E-state index contributed by atoms with van der Waals surface area (Å²) < 4.78 is 12.2. The third-order valence-corrected chi connectivity index (χ3v) is 4.89. The number of amides is 2. The smallest absolute Gasteiger partial charge is 0.342 e. The lowest BCUT2D eigenvalue weighted by atomic mass is 10.2. The van der Waals surface area contributed by atoms with Crippen molar-refractivity contribution in [3.8, 4) is 5.75 Å². The summed E-state index contributed by atoms with van der Waals surface area (Å²) >= 11 is 0. The fourth-order valence-electron chi connectivity index (χ4n) is 3.38. The number of esters is 1. The number of carbonyl (C=O) groups excluding carboxylic acids is 3. The van der Waals surface area contributed by atoms with Gasteiger partial charge in [-0.25, -0.2) is 4.79 Å². The predicted octanol–water partition coefficient (Wildman–Crippen LogP) is 3.31. The molecular formula is C24H26N4O5. The van der Waals surface area contributed by atoms with E-state index in [0.717, 1.165) is 5.56 Å². The second-order valence-electron chi connectivity index (χ2n) is 7.41. The van der Waals surface area contributed by atoms with Crippen LogP contribution in [0.2, 0.25) is 0 Å². The quantitative estimate of drug-likeness (QED) is 0.510. The van der Waals surface area contributed by atoms with Gasteiger partial charge < -0.3 is 20.1 Å². The third-order valence-electron chi connectivity index (χ3n) is 4.89. The van der Waals surface area contributed by atoms with Crippen molar-refractivity contribution >= 4 is 29.2 Å². The summed E-state index contributed by atoms with van der Waals surface area (Å²) in [5, 5.41) is 9.71. The Kier molecular flexibility index (Phi) is 7.45. The number of anilines is 2. The zero-order chi connectivity index (χ0) is 24.0. The molecule has 0 saturated heterocycles. The van der Waals surface area contributed by atoms with Gasteiger partial charge in [0.15, 0.2) is 6.61 Å². The Morgan fingerprint density at radius 3 is 2.42 bits per heavy atom. The number of rotatable bonds is 8. The topological polar surface area (TPSA) is 112 Å². The lowest BCUT2D eigenvalue weighted by Gasteiger charge is -2.12. The van der Waals surface area contributed by atoms with Gasteiger partial charge in [-0.15, -0.1) is 0 Å². The molecule has 0 bridgehead atoms. The van der Waals surface area contributed by atoms with Crippen molar-refractivity contribution in [2.45, 2.75) is 27.3 Å². The monoisotopic (exact) mass is 450 g/mol. The number of carbonyl (C=O) groups is 3. The van der Waals surface area contributed by atoms with Gasteiger partial charge in [0, 0.05) is 12.6 Å². The minimum Gasteiger partial charge on any atom is -0.495 e. The van der Waals surface area contributed by atoms with Crippen LogP contribution in [0.25, 0.3) is 0 Å². The maximum atomic E-state index is 12.7. The Hall–Kier alpha value is -4.14. The van der Waals surface area contributed by atoms with Gasteiger partial charge in [0.2, 0.25) is 5.91 Å². The second-order valence-corrected chi connectivity index (χ2v) is 7.41. The van der Waals surface area contributed by atoms with Crippen molar-refractivity contribution < 1.29 is 23.9 Å². The standard InChI is InChI=1S/C24H26N4O5/c1-15-23(16(2)28(27-15)13-18-8-6-5-7-9-18)24(31)33-14-22(30)26-20-12-19(25-17(3)29)10-11-21(20)32-4/h5-12H,13-14H2,1-4H3,(H,25,29)(H,26,30). The number of ether oxygens (including phenoxy) is 2. The minimum atomic E-state index is -0.626. The summed E-state index contributed by atoms with van der Waals surface area (Å²) in [7, 11) is 1.46. The SMILES string of the molecule is COc1ccc(NC(C)=O)cc1NC(=O)COC(=O)c1c(C)nn(Cc2ccccc2)c1C. The molecule has 3 rings (SSSR count). The van der Waals surface area contributed by atoms with E-state index in [1.807, 2.05) is 30.3 Å². The Balaban J connectivity index is 1.65. The fraction of sp³-hybridized carbons (Fsp3) is 0.250. The number of nitrogens with one attached hydrogen (secondary N) is 2. The highest BCUT2D eigenvalue weighted by atomic mass is 16.5. The van der Waals surface area contributed by atoms with E-state index in [-0.39, 0.29) is 5.91 Å². The van der Waals surface area contributed by atoms with Crippen molar-refractivity contribution in [2.24, 2.45) is 0 Å². The van der Waals surface area contributed by atoms with Crippen LogP contribution in [0.3, 0.4) is 0 Å². The van der Waals surface area contributed by atoms with Crippen LogP contribution in [0.15, 0.2) is 48.5 Å². The Morgan fingerprint density at radius 2 is 1.76 bits per heavy atom. The average molecular weight is 450 g/mol. The summed E-state index contributed by atoms with van der Waals surface area (Å²) in [6.45, 7) is 4.93. The Morgan fingerprint density at radius 1 is 1.03 bits per heavy atom. The fourth-order valence-corrected chi connectivity index (χ4v) is 3.38. The molecule has 2 N–H and O–H groups in total. The minimum absolute atomic E-state index is 0.245. The summed E-state index contributed by atoms with van der Waals surface area (Å²) in [6.07, 6.45) is 0. The molecule has 1 heterocycles. The van der Waals surface area contributed by atoms with Crippen LogP contribution < -0.4 is 15.4 Å². The van der Waals surface area contributed by atoms with Crippen LogP contribution in [0.5, 0.6) is 5.75 Å². The molecule has 9 heteroatoms. The average Bonchev–Trinajstić information content (AvgIpc) is 3.05. The van der Waals surface area contributed by atoms with E-state index < -0.39 is 18.5 Å². The molecule has 0 saturated carbocycles. The molecule has 0 unspecified atom stereocenters. The highest BCUT2D eigenvalue weighted by molar-refractivity contribution is 5.98. The maximum absolute atomic E-state index is 12.7. The molecule has 0 atom stereocenters. The van der Waals surface area contributed by atoms with Gasteiger partial charge in [0.05, 0.1) is 30.7 Å². The zero-order valence-electron chi connectivity index (χ0n) is 19.0. The number of benzene rings is 2. The molecule has 2 aromatic carbocycles. The van der Waals surface area contributed by atoms with E-state index in [2.05, 4.69) is 15.7 Å². The highest BCUT2D eigenvalue weighted by Gasteiger charge is 2.21. The molecule has 1 aromatic heterocycles. The van der Waals surface area contributed by atoms with Gasteiger partial charge in [-0.3, -0.25) is 14.3 Å². The third kappa shape index (κ3) is 5.97. The molecule has 0 fully saturated rings. The zero-order valence-corrected chi connectivity index (χ0v) is 19.0. The van der Waals surface area contributed by atoms with Gasteiger partial charge >= 0.3 is 5.97 Å². The molecule has 33 heavy (non-hydrogen) atoms. The number of methoxy groups -OCH3 is 1. The lowest BCUT2D eigenvalue weighted by Crippen LogP contribution is -2.22. The largest absolute Gasteiger partial charge is 0.495 e. The van der Waals surface area contributed by atoms with Gasteiger partial charge in [0.25, 0.3) is 5.91 Å². The van der Waals surface area contributed by atoms with Gasteiger partial charge in [-0.05, 0) is 37.6 Å². The molecule has 0 aliphatic carbocycles. The van der Waals surface area contributed by atoms with Crippen molar-refractivity contribution in [2.75, 3.05) is 24.4 Å². The van der Waals surface area contributed by atoms with Crippen LogP contribution in [-0.2, 0) is 20.9 Å². The van der Waals surface area contributed by atoms with Gasteiger partial charge in [0.1, 0.15) is 11.3 Å². The predicted molar refractivity (Wildman–Crippen MR) is 123 cm³/mol. The number of aromatic nitrogens is 2. The Bertz CT molecular complexity index is 1170. The first-order valence-electron chi connectivity index (χ1n) is 10.3. The first kappa shape index (κ1) is 23.5. The van der Waals surface area contributed by atoms with Gasteiger partial charge in [-0.1, -0.05) is 30.3 Å². The molecule has 2 amide bonds. The first-order valence-corrected chi connectivity index (χ1v) is 10.3. The molecule has 172 valence electrons. The molecule has 0 aliphatic rings. The lowest BCUT2D eigenvalue weighted by molar-refractivity contribution is -0.119. The van der Waals surface area contributed by atoms with Crippen molar-refractivity contribution in [3.63, 3.8) is 0 Å². The van der Waals surface area contributed by atoms with E-state index in [9.17, 15) is 14.4 Å². The Labute approximate surface area is 191 Å². The number of aryl methyl sites for hydroxylation is 1. The molecule has 0 spiro atoms. The highest BCUT2D eigenvalue weighted by Crippen LogP contribution is 2.28. The van der Waals surface area contributed by atoms with Gasteiger partial charge in [-0.2, -0.15) is 5.10 Å². The van der Waals surface area contributed by atoms with E-state index in [4.69, 9.17) is 9.47 Å². The van der Waals surface area contributed by atoms with Crippen LogP contribution in [-0.4, -0.2) is 41.3 Å². The normalized spacial score (nSPS) is 10.4. The number of nitrogens with zero attached hydrogens (tertiary/aromatic N) is 2. The molecule has 0 aliphatic heterocycles. The summed E-state index contributed by atoms with van der Waals surface area (Å²) in [5.74, 6) is -1.02. The van der Waals surface area contributed by atoms with E-state index in [0.29, 0.717) is 40.6 Å². The van der Waals surface area contributed by atoms with E-state index in [1.165, 1.54) is 14.0 Å². The summed E-state index contributed by atoms with van der Waals surface area (Å²) in [4.78, 5) is 36.4. The van der Waals surface area contributed by atoms with Crippen LogP contribution in [0.1, 0.15) is 34.2 Å². The van der Waals surface area contributed by atoms with Crippen molar-refractivity contribution in [1.82, 2.24) is 9.78 Å². The van der Waals surface area contributed by atoms with Crippen LogP contribution in [0.4, 0.5) is 11.4 Å². The number of hydrogen-bond donors (Lipinski definition) is 2. The molecule has 3 aromatic rings.